The number of likely N-dealkylation sites (N-methyl/N-ethyl adjacent to an activating group) is 1. The predicted molar refractivity (Wildman–Crippen MR) is 66.4 cm³/mol. The van der Waals surface area contributed by atoms with E-state index in [-0.39, 0.29) is 41.0 Å². The zero-order valence-corrected chi connectivity index (χ0v) is 10.7. The fraction of sp³-hybridized carbons (Fsp3) is 0.462. The monoisotopic (exact) mass is 248 g/mol. The van der Waals surface area contributed by atoms with E-state index in [1.807, 2.05) is 19.7 Å². The number of allylic oxidation sites excluding steroid dienone is 1. The van der Waals surface area contributed by atoms with Crippen molar-refractivity contribution in [1.82, 2.24) is 5.32 Å². The molecule has 5 nitrogen and oxygen atoms in total. The Morgan fingerprint density at radius 3 is 2.22 bits per heavy atom. The summed E-state index contributed by atoms with van der Waals surface area (Å²) >= 11 is 0. The second-order valence-corrected chi connectivity index (χ2v) is 5.04. The minimum Gasteiger partial charge on any atom is -0.355 e. The maximum Gasteiger partial charge on any atom is 0.260 e. The topological polar surface area (TPSA) is 87.1 Å². The highest BCUT2D eigenvalue weighted by atomic mass is 16.2. The number of amides is 1. The molecule has 0 unspecified atom stereocenters. The third-order valence-electron chi connectivity index (χ3n) is 2.77. The molecule has 1 aliphatic rings. The molecule has 0 aromatic rings. The Kier molecular flexibility index (Phi) is 3.99. The summed E-state index contributed by atoms with van der Waals surface area (Å²) in [4.78, 5) is 35.1. The molecule has 96 valence electrons. The lowest BCUT2D eigenvalue weighted by molar-refractivity contribution is -0.127. The predicted octanol–water partition coefficient (Wildman–Crippen LogP) is 0.792. The van der Waals surface area contributed by atoms with Crippen LogP contribution in [0.15, 0.2) is 17.2 Å². The van der Waals surface area contributed by atoms with E-state index in [4.69, 9.17) is 5.41 Å². The number of nitrogens with one attached hydrogen (secondary N) is 2. The molecule has 1 saturated carbocycles. The van der Waals surface area contributed by atoms with Crippen LogP contribution in [0.5, 0.6) is 0 Å². The van der Waals surface area contributed by atoms with E-state index in [1.54, 1.807) is 0 Å². The minimum absolute atomic E-state index is 0.00678. The zero-order valence-electron chi connectivity index (χ0n) is 10.7. The molecule has 0 aromatic heterocycles. The van der Waals surface area contributed by atoms with E-state index in [9.17, 15) is 14.4 Å². The molecular formula is C13H16N2O3. The highest BCUT2D eigenvalue weighted by Crippen LogP contribution is 2.33. The molecule has 0 saturated heterocycles. The Labute approximate surface area is 105 Å². The van der Waals surface area contributed by atoms with Crippen LogP contribution < -0.4 is 5.32 Å². The Hall–Kier alpha value is -2.00. The highest BCUT2D eigenvalue weighted by molar-refractivity contribution is 6.23. The maximum atomic E-state index is 11.9. The van der Waals surface area contributed by atoms with Crippen molar-refractivity contribution in [3.63, 3.8) is 0 Å². The quantitative estimate of drug-likeness (QED) is 0.430. The molecule has 5 heteroatoms. The van der Waals surface area contributed by atoms with Crippen LogP contribution in [0.2, 0.25) is 0 Å². The van der Waals surface area contributed by atoms with Gasteiger partial charge in [-0.25, -0.2) is 0 Å². The number of Topliss-reactive ketones (excluding diaryl/α,β-unsaturated/α-hetero) is 2. The van der Waals surface area contributed by atoms with Gasteiger partial charge < -0.3 is 5.32 Å². The molecule has 1 amide bonds. The third-order valence-corrected chi connectivity index (χ3v) is 2.77. The van der Waals surface area contributed by atoms with Gasteiger partial charge in [0.2, 0.25) is 0 Å². The lowest BCUT2D eigenvalue weighted by Gasteiger charge is -2.28. The summed E-state index contributed by atoms with van der Waals surface area (Å²) in [5.41, 5.74) is -0.464. The molecule has 0 aromatic carbocycles. The van der Waals surface area contributed by atoms with Crippen LogP contribution in [0.25, 0.3) is 0 Å². The fourth-order valence-electron chi connectivity index (χ4n) is 1.88. The van der Waals surface area contributed by atoms with Crippen LogP contribution >= 0.6 is 0 Å². The van der Waals surface area contributed by atoms with Crippen LogP contribution in [0, 0.1) is 10.8 Å². The molecule has 0 atom stereocenters. The lowest BCUT2D eigenvalue weighted by Crippen LogP contribution is -2.32. The van der Waals surface area contributed by atoms with Gasteiger partial charge in [0.15, 0.2) is 11.6 Å². The van der Waals surface area contributed by atoms with Crippen molar-refractivity contribution < 1.29 is 14.4 Å². The molecule has 1 fully saturated rings. The standard InChI is InChI=1S/C13H16N2O3/c1-13(2)5-10(16)9(11(17)6-13)4-8(7-14)12(18)15-3/h4,14H,5-6H2,1-3H3,(H,15,18). The van der Waals surface area contributed by atoms with E-state index >= 15 is 0 Å². The molecule has 2 N–H and O–H groups in total. The Bertz CT molecular complexity index is 472. The smallest absolute Gasteiger partial charge is 0.260 e. The van der Waals surface area contributed by atoms with Gasteiger partial charge in [0, 0.05) is 19.9 Å². The summed E-state index contributed by atoms with van der Waals surface area (Å²) in [7, 11) is 1.41. The van der Waals surface area contributed by atoms with Crippen molar-refractivity contribution in [2.45, 2.75) is 26.7 Å². The van der Waals surface area contributed by atoms with Gasteiger partial charge in [0.05, 0.1) is 5.57 Å². The minimum atomic E-state index is -0.539. The van der Waals surface area contributed by atoms with Gasteiger partial charge >= 0.3 is 0 Å². The largest absolute Gasteiger partial charge is 0.355 e. The number of carbonyl (C=O) groups excluding carboxylic acids is 3. The Morgan fingerprint density at radius 1 is 1.33 bits per heavy atom. The van der Waals surface area contributed by atoms with E-state index in [1.165, 1.54) is 7.05 Å². The molecule has 0 heterocycles. The number of hydrogen-bond donors (Lipinski definition) is 2. The van der Waals surface area contributed by atoms with Crippen LogP contribution in [-0.2, 0) is 14.4 Å². The van der Waals surface area contributed by atoms with Crippen molar-refractivity contribution >= 4 is 23.3 Å². The summed E-state index contributed by atoms with van der Waals surface area (Å²) < 4.78 is 0. The average Bonchev–Trinajstić information content (AvgIpc) is 2.26. The van der Waals surface area contributed by atoms with Crippen LogP contribution in [-0.4, -0.2) is 30.4 Å². The van der Waals surface area contributed by atoms with Crippen LogP contribution in [0.1, 0.15) is 26.7 Å². The van der Waals surface area contributed by atoms with Crippen LogP contribution in [0.4, 0.5) is 0 Å². The summed E-state index contributed by atoms with van der Waals surface area (Å²) in [6.07, 6.45) is 1.69. The molecule has 0 bridgehead atoms. The van der Waals surface area contributed by atoms with Gasteiger partial charge in [-0.05, 0) is 17.4 Å². The van der Waals surface area contributed by atoms with Crippen LogP contribution in [0.3, 0.4) is 0 Å². The van der Waals surface area contributed by atoms with Crippen molar-refractivity contribution in [3.8, 4) is 0 Å². The molecule has 1 rings (SSSR count). The van der Waals surface area contributed by atoms with Crippen molar-refractivity contribution in [2.75, 3.05) is 7.05 Å². The third kappa shape index (κ3) is 3.02. The first-order chi connectivity index (χ1) is 8.30. The molecule has 0 aliphatic heterocycles. The maximum absolute atomic E-state index is 11.9. The summed E-state index contributed by atoms with van der Waals surface area (Å²) in [5, 5.41) is 9.33. The van der Waals surface area contributed by atoms with Gasteiger partial charge in [0.25, 0.3) is 5.91 Å². The SMILES string of the molecule is CNC(=O)C(=C=N)C=C1C(=O)CC(C)(C)CC1=O. The highest BCUT2D eigenvalue weighted by Gasteiger charge is 2.35. The van der Waals surface area contributed by atoms with E-state index in [2.05, 4.69) is 5.32 Å². The normalized spacial score (nSPS) is 18.1. The average molecular weight is 248 g/mol. The summed E-state index contributed by atoms with van der Waals surface area (Å²) in [6.45, 7) is 3.71. The first-order valence-electron chi connectivity index (χ1n) is 5.60. The fourth-order valence-corrected chi connectivity index (χ4v) is 1.88. The van der Waals surface area contributed by atoms with Gasteiger partial charge in [-0.1, -0.05) is 13.8 Å². The van der Waals surface area contributed by atoms with E-state index in [0.717, 1.165) is 6.08 Å². The summed E-state index contributed by atoms with van der Waals surface area (Å²) in [6, 6.07) is 0. The molecular weight excluding hydrogens is 232 g/mol. The number of hydrogen-bond acceptors (Lipinski definition) is 4. The number of rotatable bonds is 2. The van der Waals surface area contributed by atoms with Gasteiger partial charge in [-0.3, -0.25) is 19.8 Å². The Morgan fingerprint density at radius 2 is 1.83 bits per heavy atom. The zero-order chi connectivity index (χ0) is 13.9. The van der Waals surface area contributed by atoms with Gasteiger partial charge in [0.1, 0.15) is 5.57 Å². The number of carbonyl (C=O) groups is 3. The van der Waals surface area contributed by atoms with E-state index in [0.29, 0.717) is 0 Å². The van der Waals surface area contributed by atoms with Gasteiger partial charge in [-0.2, -0.15) is 0 Å². The Balaban J connectivity index is 3.10. The van der Waals surface area contributed by atoms with Crippen molar-refractivity contribution in [2.24, 2.45) is 5.41 Å². The van der Waals surface area contributed by atoms with Crippen molar-refractivity contribution in [3.05, 3.63) is 17.2 Å². The summed E-state index contributed by atoms with van der Waals surface area (Å²) in [5.74, 6) is 0.828. The van der Waals surface area contributed by atoms with Crippen molar-refractivity contribution in [1.29, 1.82) is 5.41 Å². The van der Waals surface area contributed by atoms with Gasteiger partial charge in [-0.15, -0.1) is 0 Å². The number of ketones is 2. The second-order valence-electron chi connectivity index (χ2n) is 5.04. The lowest BCUT2D eigenvalue weighted by atomic mass is 9.74. The second kappa shape index (κ2) is 5.10. The first kappa shape index (κ1) is 14.1. The van der Waals surface area contributed by atoms with E-state index < -0.39 is 5.91 Å². The molecule has 0 radical (unpaired) electrons. The molecule has 18 heavy (non-hydrogen) atoms. The molecule has 1 aliphatic carbocycles. The first-order valence-corrected chi connectivity index (χ1v) is 5.60. The molecule has 0 spiro atoms.